The fourth-order valence-corrected chi connectivity index (χ4v) is 2.61. The van der Waals surface area contributed by atoms with Crippen LogP contribution in [0.4, 0.5) is 5.69 Å². The van der Waals surface area contributed by atoms with Gasteiger partial charge in [0.05, 0.1) is 28.2 Å². The van der Waals surface area contributed by atoms with Crippen LogP contribution < -0.4 is 5.32 Å². The van der Waals surface area contributed by atoms with Crippen molar-refractivity contribution in [3.8, 4) is 5.69 Å². The molecule has 0 atom stereocenters. The fourth-order valence-electron chi connectivity index (χ4n) is 2.24. The van der Waals surface area contributed by atoms with E-state index < -0.39 is 0 Å². The standard InChI is InChI=1S/C17H13Cl2N3O/c1-11-14(17(23)21-13-5-3-2-4-6-13)10-20-22(11)16-9-12(18)7-8-15(16)19/h2-10H,1H3,(H,21,23). The molecular weight excluding hydrogens is 333 g/mol. The number of nitrogens with one attached hydrogen (secondary N) is 1. The highest BCUT2D eigenvalue weighted by Gasteiger charge is 2.16. The van der Waals surface area contributed by atoms with Gasteiger partial charge in [0.25, 0.3) is 5.91 Å². The maximum Gasteiger partial charge on any atom is 0.259 e. The molecule has 0 aliphatic rings. The highest BCUT2D eigenvalue weighted by atomic mass is 35.5. The van der Waals surface area contributed by atoms with Gasteiger partial charge in [-0.25, -0.2) is 4.68 Å². The van der Waals surface area contributed by atoms with Crippen molar-refractivity contribution in [1.82, 2.24) is 9.78 Å². The molecule has 23 heavy (non-hydrogen) atoms. The van der Waals surface area contributed by atoms with Gasteiger partial charge >= 0.3 is 0 Å². The number of halogens is 2. The quantitative estimate of drug-likeness (QED) is 0.745. The Bertz CT molecular complexity index is 860. The van der Waals surface area contributed by atoms with Crippen molar-refractivity contribution in [2.24, 2.45) is 0 Å². The molecule has 1 aromatic heterocycles. The number of amides is 1. The number of anilines is 1. The number of para-hydroxylation sites is 1. The summed E-state index contributed by atoms with van der Waals surface area (Å²) in [6, 6.07) is 14.4. The van der Waals surface area contributed by atoms with Crippen molar-refractivity contribution in [2.75, 3.05) is 5.32 Å². The minimum absolute atomic E-state index is 0.224. The molecule has 2 aromatic carbocycles. The van der Waals surface area contributed by atoms with Crippen LogP contribution in [0, 0.1) is 6.92 Å². The topological polar surface area (TPSA) is 46.9 Å². The number of hydrogen-bond donors (Lipinski definition) is 1. The first-order chi connectivity index (χ1) is 11.1. The summed E-state index contributed by atoms with van der Waals surface area (Å²) in [6.07, 6.45) is 1.52. The largest absolute Gasteiger partial charge is 0.322 e. The van der Waals surface area contributed by atoms with Crippen LogP contribution in [0.5, 0.6) is 0 Å². The Morgan fingerprint density at radius 1 is 1.13 bits per heavy atom. The predicted octanol–water partition coefficient (Wildman–Crippen LogP) is 4.74. The number of benzene rings is 2. The molecule has 1 heterocycles. The van der Waals surface area contributed by atoms with E-state index in [0.717, 1.165) is 5.69 Å². The van der Waals surface area contributed by atoms with Crippen LogP contribution in [0.3, 0.4) is 0 Å². The molecule has 1 N–H and O–H groups in total. The number of nitrogens with zero attached hydrogens (tertiary/aromatic N) is 2. The summed E-state index contributed by atoms with van der Waals surface area (Å²) in [4.78, 5) is 12.4. The molecular formula is C17H13Cl2N3O. The van der Waals surface area contributed by atoms with Gasteiger partial charge in [-0.05, 0) is 37.3 Å². The molecule has 0 aliphatic heterocycles. The van der Waals surface area contributed by atoms with Gasteiger partial charge in [0.1, 0.15) is 0 Å². The first-order valence-corrected chi connectivity index (χ1v) is 7.68. The lowest BCUT2D eigenvalue weighted by molar-refractivity contribution is 0.102. The number of carbonyl (C=O) groups is 1. The third-order valence-electron chi connectivity index (χ3n) is 3.42. The molecule has 0 bridgehead atoms. The Labute approximate surface area is 143 Å². The molecule has 0 radical (unpaired) electrons. The average Bonchev–Trinajstić information content (AvgIpc) is 2.92. The van der Waals surface area contributed by atoms with Crippen LogP contribution >= 0.6 is 23.2 Å². The zero-order valence-corrected chi connectivity index (χ0v) is 13.8. The first kappa shape index (κ1) is 15.6. The highest BCUT2D eigenvalue weighted by Crippen LogP contribution is 2.26. The van der Waals surface area contributed by atoms with E-state index in [-0.39, 0.29) is 5.91 Å². The molecule has 0 saturated heterocycles. The van der Waals surface area contributed by atoms with E-state index in [0.29, 0.717) is 27.0 Å². The van der Waals surface area contributed by atoms with Crippen molar-refractivity contribution >= 4 is 34.8 Å². The van der Waals surface area contributed by atoms with Gasteiger partial charge in [-0.2, -0.15) is 5.10 Å². The summed E-state index contributed by atoms with van der Waals surface area (Å²) in [5.41, 5.74) is 2.52. The number of rotatable bonds is 3. The molecule has 3 aromatic rings. The second kappa shape index (κ2) is 6.44. The lowest BCUT2D eigenvalue weighted by Crippen LogP contribution is -2.13. The molecule has 116 valence electrons. The van der Waals surface area contributed by atoms with E-state index in [1.54, 1.807) is 22.9 Å². The molecule has 4 nitrogen and oxygen atoms in total. The molecule has 0 saturated carbocycles. The molecule has 0 spiro atoms. The van der Waals surface area contributed by atoms with E-state index in [2.05, 4.69) is 10.4 Å². The zero-order valence-electron chi connectivity index (χ0n) is 12.3. The predicted molar refractivity (Wildman–Crippen MR) is 92.7 cm³/mol. The van der Waals surface area contributed by atoms with E-state index in [9.17, 15) is 4.79 Å². The maximum atomic E-state index is 12.4. The SMILES string of the molecule is Cc1c(C(=O)Nc2ccccc2)cnn1-c1cc(Cl)ccc1Cl. The minimum atomic E-state index is -0.224. The van der Waals surface area contributed by atoms with E-state index in [1.807, 2.05) is 37.3 Å². The van der Waals surface area contributed by atoms with Gasteiger partial charge in [-0.3, -0.25) is 4.79 Å². The van der Waals surface area contributed by atoms with Crippen molar-refractivity contribution in [3.63, 3.8) is 0 Å². The fraction of sp³-hybridized carbons (Fsp3) is 0.0588. The smallest absolute Gasteiger partial charge is 0.259 e. The molecule has 1 amide bonds. The van der Waals surface area contributed by atoms with Gasteiger partial charge in [0, 0.05) is 10.7 Å². The summed E-state index contributed by atoms with van der Waals surface area (Å²) in [7, 11) is 0. The lowest BCUT2D eigenvalue weighted by atomic mass is 10.2. The van der Waals surface area contributed by atoms with Crippen LogP contribution in [0.2, 0.25) is 10.0 Å². The average molecular weight is 346 g/mol. The van der Waals surface area contributed by atoms with Crippen molar-refractivity contribution in [3.05, 3.63) is 76.0 Å². The first-order valence-electron chi connectivity index (χ1n) is 6.92. The summed E-state index contributed by atoms with van der Waals surface area (Å²) in [5.74, 6) is -0.224. The highest BCUT2D eigenvalue weighted by molar-refractivity contribution is 6.34. The van der Waals surface area contributed by atoms with Gasteiger partial charge in [-0.1, -0.05) is 41.4 Å². The third kappa shape index (κ3) is 3.23. The van der Waals surface area contributed by atoms with Gasteiger partial charge in [-0.15, -0.1) is 0 Å². The molecule has 6 heteroatoms. The maximum absolute atomic E-state index is 12.4. The molecule has 0 aliphatic carbocycles. The van der Waals surface area contributed by atoms with E-state index in [1.165, 1.54) is 6.20 Å². The van der Waals surface area contributed by atoms with E-state index in [4.69, 9.17) is 23.2 Å². The summed E-state index contributed by atoms with van der Waals surface area (Å²) in [5, 5.41) is 8.16. The van der Waals surface area contributed by atoms with Crippen LogP contribution in [0.25, 0.3) is 5.69 Å². The Morgan fingerprint density at radius 3 is 2.61 bits per heavy atom. The minimum Gasteiger partial charge on any atom is -0.322 e. The normalized spacial score (nSPS) is 10.6. The van der Waals surface area contributed by atoms with Crippen molar-refractivity contribution in [2.45, 2.75) is 6.92 Å². The van der Waals surface area contributed by atoms with Crippen LogP contribution in [0.1, 0.15) is 16.1 Å². The summed E-state index contributed by atoms with van der Waals surface area (Å²) < 4.78 is 1.61. The van der Waals surface area contributed by atoms with Gasteiger partial charge in [0.15, 0.2) is 0 Å². The monoisotopic (exact) mass is 345 g/mol. The van der Waals surface area contributed by atoms with Crippen LogP contribution in [-0.4, -0.2) is 15.7 Å². The van der Waals surface area contributed by atoms with Gasteiger partial charge < -0.3 is 5.32 Å². The number of carbonyl (C=O) groups excluding carboxylic acids is 1. The van der Waals surface area contributed by atoms with Crippen molar-refractivity contribution in [1.29, 1.82) is 0 Å². The summed E-state index contributed by atoms with van der Waals surface area (Å²) in [6.45, 7) is 1.81. The second-order valence-corrected chi connectivity index (χ2v) is 5.81. The lowest BCUT2D eigenvalue weighted by Gasteiger charge is -2.08. The third-order valence-corrected chi connectivity index (χ3v) is 3.98. The van der Waals surface area contributed by atoms with Crippen molar-refractivity contribution < 1.29 is 4.79 Å². The van der Waals surface area contributed by atoms with Crippen LogP contribution in [-0.2, 0) is 0 Å². The van der Waals surface area contributed by atoms with Gasteiger partial charge in [0.2, 0.25) is 0 Å². The molecule has 3 rings (SSSR count). The Balaban J connectivity index is 1.93. The van der Waals surface area contributed by atoms with E-state index >= 15 is 0 Å². The Hall–Kier alpha value is -2.30. The Kier molecular flexibility index (Phi) is 4.37. The Morgan fingerprint density at radius 2 is 1.87 bits per heavy atom. The number of hydrogen-bond acceptors (Lipinski definition) is 2. The van der Waals surface area contributed by atoms with Crippen LogP contribution in [0.15, 0.2) is 54.7 Å². The molecule has 0 unspecified atom stereocenters. The number of aromatic nitrogens is 2. The molecule has 0 fully saturated rings. The summed E-state index contributed by atoms with van der Waals surface area (Å²) >= 11 is 12.2. The second-order valence-electron chi connectivity index (χ2n) is 4.97. The zero-order chi connectivity index (χ0) is 16.4.